The minimum Gasteiger partial charge on any atom is -0.313 e. The Morgan fingerprint density at radius 1 is 0.780 bits per heavy atom. The van der Waals surface area contributed by atoms with Gasteiger partial charge in [-0.25, -0.2) is 0 Å². The van der Waals surface area contributed by atoms with E-state index < -0.39 is 10.0 Å². The summed E-state index contributed by atoms with van der Waals surface area (Å²) in [6, 6.07) is 41.9. The van der Waals surface area contributed by atoms with Gasteiger partial charge in [-0.05, 0) is 90.8 Å². The van der Waals surface area contributed by atoms with E-state index in [1.54, 1.807) is 0 Å². The summed E-state index contributed by atoms with van der Waals surface area (Å²) in [4.78, 5) is 5.41. The second-order valence-corrected chi connectivity index (χ2v) is 13.9. The van der Waals surface area contributed by atoms with E-state index in [2.05, 4.69) is 139 Å². The largest absolute Gasteiger partial charge is 0.313 e. The third-order valence-corrected chi connectivity index (χ3v) is 12.6. The molecule has 200 valence electrons. The highest BCUT2D eigenvalue weighted by Crippen LogP contribution is 2.75. The van der Waals surface area contributed by atoms with Crippen molar-refractivity contribution in [3.63, 3.8) is 0 Å². The Bertz CT molecular complexity index is 1930. The molecule has 1 atom stereocenters. The smallest absolute Gasteiger partial charge is 0.0991 e. The number of nitrogens with zero attached hydrogens (tertiary/aromatic N) is 2. The molecule has 0 N–H and O–H groups in total. The molecule has 0 aliphatic heterocycles. The number of nitriles is 1. The van der Waals surface area contributed by atoms with Crippen molar-refractivity contribution in [2.24, 2.45) is 5.92 Å². The molecular formula is C38H32N2S. The van der Waals surface area contributed by atoms with Gasteiger partial charge < -0.3 is 4.57 Å². The van der Waals surface area contributed by atoms with Gasteiger partial charge in [0, 0.05) is 31.0 Å². The van der Waals surface area contributed by atoms with Gasteiger partial charge in [-0.3, -0.25) is 0 Å². The molecule has 0 saturated carbocycles. The van der Waals surface area contributed by atoms with Crippen LogP contribution in [0.1, 0.15) is 31.7 Å². The molecule has 41 heavy (non-hydrogen) atoms. The van der Waals surface area contributed by atoms with Crippen molar-refractivity contribution >= 4 is 37.6 Å². The SMILES string of the molecule is CC1CC=c2c(c3ccccc3n2C2=CC=CCC2)=C1S(c1ccccc1)(c1ccccc1)c1ccc(C#N)cc1. The van der Waals surface area contributed by atoms with Gasteiger partial charge in [0.2, 0.25) is 0 Å². The van der Waals surface area contributed by atoms with E-state index in [1.165, 1.54) is 46.8 Å². The molecule has 2 nitrogen and oxygen atoms in total. The first-order valence-corrected chi connectivity index (χ1v) is 16.0. The second kappa shape index (κ2) is 10.5. The fourth-order valence-electron chi connectivity index (χ4n) is 6.67. The summed E-state index contributed by atoms with van der Waals surface area (Å²) >= 11 is 0. The van der Waals surface area contributed by atoms with Gasteiger partial charge in [-0.15, -0.1) is 10.0 Å². The molecule has 0 spiro atoms. The van der Waals surface area contributed by atoms with Gasteiger partial charge >= 0.3 is 0 Å². The van der Waals surface area contributed by atoms with E-state index in [0.29, 0.717) is 11.5 Å². The minimum atomic E-state index is -1.89. The van der Waals surface area contributed by atoms with E-state index in [1.807, 2.05) is 12.1 Å². The van der Waals surface area contributed by atoms with Crippen LogP contribution < -0.4 is 10.6 Å². The van der Waals surface area contributed by atoms with Crippen molar-refractivity contribution in [1.29, 1.82) is 5.26 Å². The highest BCUT2D eigenvalue weighted by molar-refractivity contribution is 8.40. The van der Waals surface area contributed by atoms with Crippen LogP contribution in [0.5, 0.6) is 0 Å². The number of fused-ring (bicyclic) bond motifs is 3. The van der Waals surface area contributed by atoms with Gasteiger partial charge in [0.15, 0.2) is 0 Å². The molecule has 3 heteroatoms. The first-order chi connectivity index (χ1) is 20.2. The third-order valence-electron chi connectivity index (χ3n) is 8.41. The van der Waals surface area contributed by atoms with Crippen molar-refractivity contribution in [2.75, 3.05) is 0 Å². The lowest BCUT2D eigenvalue weighted by Crippen LogP contribution is -2.37. The number of para-hydroxylation sites is 1. The number of rotatable bonds is 5. The van der Waals surface area contributed by atoms with Crippen LogP contribution in [0, 0.1) is 17.2 Å². The Kier molecular flexibility index (Phi) is 6.50. The topological polar surface area (TPSA) is 28.7 Å². The second-order valence-electron chi connectivity index (χ2n) is 10.8. The highest BCUT2D eigenvalue weighted by atomic mass is 32.3. The zero-order valence-corrected chi connectivity index (χ0v) is 24.0. The summed E-state index contributed by atoms with van der Waals surface area (Å²) < 4.78 is 2.53. The van der Waals surface area contributed by atoms with Crippen LogP contribution in [0.4, 0.5) is 0 Å². The molecule has 0 bridgehead atoms. The monoisotopic (exact) mass is 548 g/mol. The Morgan fingerprint density at radius 2 is 1.41 bits per heavy atom. The van der Waals surface area contributed by atoms with Gasteiger partial charge in [0.05, 0.1) is 22.5 Å². The van der Waals surface area contributed by atoms with Gasteiger partial charge in [0.1, 0.15) is 0 Å². The van der Waals surface area contributed by atoms with Gasteiger partial charge in [-0.2, -0.15) is 5.26 Å². The summed E-state index contributed by atoms with van der Waals surface area (Å²) in [5.74, 6) is 0.327. The quantitative estimate of drug-likeness (QED) is 0.216. The van der Waals surface area contributed by atoms with E-state index in [4.69, 9.17) is 0 Å². The lowest BCUT2D eigenvalue weighted by Gasteiger charge is -2.46. The van der Waals surface area contributed by atoms with Gasteiger partial charge in [0.25, 0.3) is 0 Å². The summed E-state index contributed by atoms with van der Waals surface area (Å²) in [6.07, 6.45) is 12.3. The fraction of sp³-hybridized carbons (Fsp3) is 0.132. The molecule has 1 unspecified atom stereocenters. The molecule has 0 radical (unpaired) electrons. The Labute approximate surface area is 243 Å². The predicted molar refractivity (Wildman–Crippen MR) is 172 cm³/mol. The normalized spacial score (nSPS) is 16.9. The van der Waals surface area contributed by atoms with Crippen LogP contribution in [0.2, 0.25) is 0 Å². The number of hydrogen-bond donors (Lipinski definition) is 0. The molecule has 4 aromatic carbocycles. The molecule has 2 aliphatic carbocycles. The average molecular weight is 549 g/mol. The van der Waals surface area contributed by atoms with Crippen molar-refractivity contribution in [3.8, 4) is 6.07 Å². The molecular weight excluding hydrogens is 516 g/mol. The maximum Gasteiger partial charge on any atom is 0.0991 e. The van der Waals surface area contributed by atoms with Crippen LogP contribution in [0.25, 0.3) is 27.6 Å². The molecule has 1 aromatic heterocycles. The zero-order chi connectivity index (χ0) is 27.8. The fourth-order valence-corrected chi connectivity index (χ4v) is 11.1. The van der Waals surface area contributed by atoms with E-state index in [0.717, 1.165) is 19.3 Å². The lowest BCUT2D eigenvalue weighted by molar-refractivity contribution is 0.783. The summed E-state index contributed by atoms with van der Waals surface area (Å²) in [6.45, 7) is 2.40. The number of hydrogen-bond acceptors (Lipinski definition) is 1. The van der Waals surface area contributed by atoms with Crippen LogP contribution in [-0.2, 0) is 0 Å². The summed E-state index contributed by atoms with van der Waals surface area (Å²) in [5.41, 5.74) is 3.32. The molecule has 0 saturated heterocycles. The first-order valence-electron chi connectivity index (χ1n) is 14.4. The third kappa shape index (κ3) is 4.02. The van der Waals surface area contributed by atoms with Crippen molar-refractivity contribution < 1.29 is 0 Å². The van der Waals surface area contributed by atoms with Crippen LogP contribution >= 0.6 is 10.0 Å². The Morgan fingerprint density at radius 3 is 2.05 bits per heavy atom. The van der Waals surface area contributed by atoms with Crippen LogP contribution in [0.15, 0.2) is 142 Å². The first kappa shape index (κ1) is 25.4. The zero-order valence-electron chi connectivity index (χ0n) is 23.2. The Hall–Kier alpha value is -4.52. The number of benzene rings is 4. The molecule has 2 aliphatic rings. The van der Waals surface area contributed by atoms with E-state index >= 15 is 0 Å². The van der Waals surface area contributed by atoms with Crippen molar-refractivity contribution in [3.05, 3.63) is 144 Å². The van der Waals surface area contributed by atoms with Crippen molar-refractivity contribution in [1.82, 2.24) is 4.57 Å². The van der Waals surface area contributed by atoms with E-state index in [9.17, 15) is 5.26 Å². The molecule has 0 fully saturated rings. The number of allylic oxidation sites excluding steroid dienone is 4. The standard InChI is InChI=1S/C38H32N2S/c1-28-21-26-36-37(34-19-11-12-20-35(34)40(36)30-13-5-2-6-14-30)38(28)41(31-15-7-3-8-16-31,32-17-9-4-10-18-32)33-24-22-29(27-39)23-25-33/h2-5,7-13,15-20,22-26,28H,6,14,21H2,1H3. The molecule has 0 amide bonds. The lowest BCUT2D eigenvalue weighted by atomic mass is 10.0. The van der Waals surface area contributed by atoms with E-state index in [-0.39, 0.29) is 0 Å². The summed E-state index contributed by atoms with van der Waals surface area (Å²) in [7, 11) is -1.89. The highest BCUT2D eigenvalue weighted by Gasteiger charge is 2.39. The summed E-state index contributed by atoms with van der Waals surface area (Å²) in [5, 5.41) is 13.7. The average Bonchev–Trinajstić information content (AvgIpc) is 3.38. The van der Waals surface area contributed by atoms with Crippen molar-refractivity contribution in [2.45, 2.75) is 40.9 Å². The maximum atomic E-state index is 9.67. The Balaban J connectivity index is 1.73. The maximum absolute atomic E-state index is 9.67. The molecule has 1 heterocycles. The minimum absolute atomic E-state index is 0.327. The van der Waals surface area contributed by atoms with Gasteiger partial charge in [-0.1, -0.05) is 79.7 Å². The molecule has 5 aromatic rings. The van der Waals surface area contributed by atoms with Crippen LogP contribution in [0.3, 0.4) is 0 Å². The predicted octanol–water partition coefficient (Wildman–Crippen LogP) is 8.61. The van der Waals surface area contributed by atoms with Crippen LogP contribution in [-0.4, -0.2) is 4.57 Å². The number of aromatic nitrogens is 1. The molecule has 7 rings (SSSR count).